The number of ether oxygens (including phenoxy) is 1. The molecule has 7 heteroatoms. The summed E-state index contributed by atoms with van der Waals surface area (Å²) >= 11 is 1.38. The molecule has 0 amide bonds. The lowest BCUT2D eigenvalue weighted by Gasteiger charge is -2.29. The maximum Gasteiger partial charge on any atom is 0.252 e. The van der Waals surface area contributed by atoms with Crippen LogP contribution in [-0.4, -0.2) is 45.1 Å². The van der Waals surface area contributed by atoms with Crippen molar-refractivity contribution in [2.75, 3.05) is 20.3 Å². The molecule has 21 heavy (non-hydrogen) atoms. The molecule has 2 heterocycles. The molecule has 1 aliphatic heterocycles. The molecule has 3 rings (SSSR count). The summed E-state index contributed by atoms with van der Waals surface area (Å²) in [6.07, 6.45) is 4.03. The Hall–Kier alpha value is -0.470. The Morgan fingerprint density at radius 2 is 2.00 bits per heavy atom. The zero-order valence-corrected chi connectivity index (χ0v) is 13.9. The third-order valence-corrected chi connectivity index (χ3v) is 7.58. The van der Waals surface area contributed by atoms with Gasteiger partial charge in [-0.05, 0) is 37.8 Å². The van der Waals surface area contributed by atoms with Crippen LogP contribution in [0.2, 0.25) is 0 Å². The van der Waals surface area contributed by atoms with E-state index in [9.17, 15) is 8.42 Å². The molecule has 0 aromatic carbocycles. The van der Waals surface area contributed by atoms with Gasteiger partial charge in [0, 0.05) is 43.8 Å². The number of hydrogen-bond acceptors (Lipinski definition) is 5. The van der Waals surface area contributed by atoms with Crippen LogP contribution in [0.4, 0.5) is 0 Å². The lowest BCUT2D eigenvalue weighted by molar-refractivity contribution is 0.0632. The fourth-order valence-electron chi connectivity index (χ4n) is 2.51. The van der Waals surface area contributed by atoms with Gasteiger partial charge >= 0.3 is 0 Å². The summed E-state index contributed by atoms with van der Waals surface area (Å²) in [5, 5.41) is 3.42. The van der Waals surface area contributed by atoms with E-state index in [2.05, 4.69) is 5.32 Å². The minimum Gasteiger partial charge on any atom is -0.381 e. The second-order valence-corrected chi connectivity index (χ2v) is 9.13. The van der Waals surface area contributed by atoms with E-state index in [1.807, 2.05) is 6.07 Å². The third kappa shape index (κ3) is 3.65. The number of nitrogens with zero attached hydrogens (tertiary/aromatic N) is 1. The zero-order valence-electron chi connectivity index (χ0n) is 12.2. The molecule has 0 unspecified atom stereocenters. The van der Waals surface area contributed by atoms with Gasteiger partial charge in [-0.3, -0.25) is 0 Å². The van der Waals surface area contributed by atoms with E-state index in [0.29, 0.717) is 23.5 Å². The average molecular weight is 330 g/mol. The van der Waals surface area contributed by atoms with Crippen molar-refractivity contribution in [3.8, 4) is 0 Å². The van der Waals surface area contributed by atoms with Gasteiger partial charge < -0.3 is 10.1 Å². The van der Waals surface area contributed by atoms with Crippen LogP contribution in [0.15, 0.2) is 16.3 Å². The van der Waals surface area contributed by atoms with Gasteiger partial charge in [0.05, 0.1) is 0 Å². The predicted molar refractivity (Wildman–Crippen MR) is 83.0 cm³/mol. The summed E-state index contributed by atoms with van der Waals surface area (Å²) in [6.45, 7) is 2.06. The first-order valence-corrected chi connectivity index (χ1v) is 9.71. The highest BCUT2D eigenvalue weighted by Gasteiger charge is 2.30. The number of nitrogens with one attached hydrogen (secondary N) is 1. The Morgan fingerprint density at radius 1 is 1.29 bits per heavy atom. The van der Waals surface area contributed by atoms with Crippen molar-refractivity contribution >= 4 is 21.4 Å². The van der Waals surface area contributed by atoms with Crippen LogP contribution in [0.3, 0.4) is 0 Å². The fraction of sp³-hybridized carbons (Fsp3) is 0.714. The first-order valence-electron chi connectivity index (χ1n) is 7.45. The maximum atomic E-state index is 12.7. The van der Waals surface area contributed by atoms with E-state index in [4.69, 9.17) is 4.74 Å². The van der Waals surface area contributed by atoms with Gasteiger partial charge in [-0.1, -0.05) is 0 Å². The summed E-state index contributed by atoms with van der Waals surface area (Å²) < 4.78 is 32.6. The average Bonchev–Trinajstić information content (AvgIpc) is 3.21. The molecule has 0 atom stereocenters. The molecule has 1 saturated carbocycles. The van der Waals surface area contributed by atoms with Crippen molar-refractivity contribution in [3.05, 3.63) is 17.0 Å². The number of thiophene rings is 1. The third-order valence-electron chi connectivity index (χ3n) is 4.12. The van der Waals surface area contributed by atoms with Crippen LogP contribution < -0.4 is 5.32 Å². The van der Waals surface area contributed by atoms with Crippen LogP contribution in [0.25, 0.3) is 0 Å². The summed E-state index contributed by atoms with van der Waals surface area (Å²) in [4.78, 5) is 1.08. The number of sulfonamides is 1. The number of hydrogen-bond donors (Lipinski definition) is 1. The minimum atomic E-state index is -3.37. The van der Waals surface area contributed by atoms with Gasteiger partial charge in [-0.15, -0.1) is 11.3 Å². The second-order valence-electron chi connectivity index (χ2n) is 5.74. The second kappa shape index (κ2) is 6.34. The van der Waals surface area contributed by atoms with Crippen molar-refractivity contribution in [1.82, 2.24) is 9.62 Å². The topological polar surface area (TPSA) is 58.6 Å². The van der Waals surface area contributed by atoms with E-state index in [1.54, 1.807) is 13.1 Å². The van der Waals surface area contributed by atoms with Crippen LogP contribution in [0.1, 0.15) is 30.6 Å². The van der Waals surface area contributed by atoms with Crippen LogP contribution in [0.5, 0.6) is 0 Å². The normalized spacial score (nSPS) is 21.0. The van der Waals surface area contributed by atoms with Crippen LogP contribution in [-0.2, 0) is 21.3 Å². The Balaban J connectivity index is 1.67. The molecule has 5 nitrogen and oxygen atoms in total. The minimum absolute atomic E-state index is 0.0545. The van der Waals surface area contributed by atoms with Crippen molar-refractivity contribution < 1.29 is 13.2 Å². The van der Waals surface area contributed by atoms with Crippen LogP contribution in [0, 0.1) is 0 Å². The molecule has 1 aliphatic carbocycles. The van der Waals surface area contributed by atoms with Gasteiger partial charge in [-0.25, -0.2) is 8.42 Å². The smallest absolute Gasteiger partial charge is 0.252 e. The highest BCUT2D eigenvalue weighted by atomic mass is 32.2. The predicted octanol–water partition coefficient (Wildman–Crippen LogP) is 1.80. The highest BCUT2D eigenvalue weighted by Crippen LogP contribution is 2.28. The maximum absolute atomic E-state index is 12.7. The van der Waals surface area contributed by atoms with E-state index in [1.165, 1.54) is 28.5 Å². The Bertz CT molecular complexity index is 575. The lowest BCUT2D eigenvalue weighted by Crippen LogP contribution is -2.40. The fourth-order valence-corrected chi connectivity index (χ4v) is 5.42. The monoisotopic (exact) mass is 330 g/mol. The molecular formula is C14H22N2O3S2. The Kier molecular flexibility index (Phi) is 4.66. The van der Waals surface area contributed by atoms with Gasteiger partial charge in [0.15, 0.2) is 0 Å². The lowest BCUT2D eigenvalue weighted by atomic mass is 10.1. The summed E-state index contributed by atoms with van der Waals surface area (Å²) in [5.74, 6) is 0. The van der Waals surface area contributed by atoms with Gasteiger partial charge in [0.2, 0.25) is 0 Å². The standard InChI is InChI=1S/C14H22N2O3S2/c1-16(12-6-8-19-9-7-12)21(17,18)14-5-4-13(20-14)10-15-11-2-3-11/h4-5,11-12,15H,2-3,6-10H2,1H3. The Labute approximate surface area is 130 Å². The summed E-state index contributed by atoms with van der Waals surface area (Å²) in [5.41, 5.74) is 0. The molecule has 1 aromatic heterocycles. The molecule has 2 fully saturated rings. The quantitative estimate of drug-likeness (QED) is 0.864. The highest BCUT2D eigenvalue weighted by molar-refractivity contribution is 7.91. The summed E-state index contributed by atoms with van der Waals surface area (Å²) in [7, 11) is -1.68. The Morgan fingerprint density at radius 3 is 2.67 bits per heavy atom. The molecule has 0 bridgehead atoms. The van der Waals surface area contributed by atoms with E-state index in [-0.39, 0.29) is 6.04 Å². The first kappa shape index (κ1) is 15.4. The molecule has 1 aromatic rings. The van der Waals surface area contributed by atoms with E-state index in [0.717, 1.165) is 24.3 Å². The number of rotatable bonds is 6. The molecule has 118 valence electrons. The zero-order chi connectivity index (χ0) is 14.9. The van der Waals surface area contributed by atoms with Crippen molar-refractivity contribution in [1.29, 1.82) is 0 Å². The largest absolute Gasteiger partial charge is 0.381 e. The van der Waals surface area contributed by atoms with E-state index < -0.39 is 10.0 Å². The van der Waals surface area contributed by atoms with E-state index >= 15 is 0 Å². The van der Waals surface area contributed by atoms with Gasteiger partial charge in [-0.2, -0.15) is 4.31 Å². The first-order chi connectivity index (χ1) is 10.1. The molecule has 2 aliphatic rings. The summed E-state index contributed by atoms with van der Waals surface area (Å²) in [6, 6.07) is 4.35. The van der Waals surface area contributed by atoms with Crippen molar-refractivity contribution in [2.45, 2.75) is 48.5 Å². The molecule has 0 radical (unpaired) electrons. The van der Waals surface area contributed by atoms with Gasteiger partial charge in [0.25, 0.3) is 10.0 Å². The van der Waals surface area contributed by atoms with Crippen molar-refractivity contribution in [2.24, 2.45) is 0 Å². The molecule has 0 spiro atoms. The molecule has 1 saturated heterocycles. The molecule has 1 N–H and O–H groups in total. The SMILES string of the molecule is CN(C1CCOCC1)S(=O)(=O)c1ccc(CNC2CC2)s1. The molecular weight excluding hydrogens is 308 g/mol. The van der Waals surface area contributed by atoms with Gasteiger partial charge in [0.1, 0.15) is 4.21 Å². The van der Waals surface area contributed by atoms with Crippen molar-refractivity contribution in [3.63, 3.8) is 0 Å². The van der Waals surface area contributed by atoms with Crippen LogP contribution >= 0.6 is 11.3 Å².